The Morgan fingerprint density at radius 1 is 1.40 bits per heavy atom. The van der Waals surface area contributed by atoms with Gasteiger partial charge in [0.25, 0.3) is 0 Å². The van der Waals surface area contributed by atoms with Gasteiger partial charge in [0.05, 0.1) is 6.10 Å². The van der Waals surface area contributed by atoms with E-state index in [1.807, 2.05) is 13.8 Å². The van der Waals surface area contributed by atoms with E-state index in [4.69, 9.17) is 10.5 Å². The molecule has 1 saturated heterocycles. The minimum atomic E-state index is -0.780. The molecule has 1 aliphatic carbocycles. The smallest absolute Gasteiger partial charge is 0.241 e. The molecule has 0 aromatic carbocycles. The maximum atomic E-state index is 12.6. The van der Waals surface area contributed by atoms with Crippen molar-refractivity contribution in [2.24, 2.45) is 17.1 Å². The fraction of sp³-hybridized carbons (Fsp3) is 0.933. The Kier molecular flexibility index (Phi) is 4.42. The Hall–Kier alpha value is -0.650. The standard InChI is InChI=1S/C15H29N3O2/c1-5-18(6-2)9-8-17-13(19)15(16)11-7-10-20-12(11)14(15,3)4/h11-12H,5-10,16H2,1-4H3,(H,17,19). The molecule has 1 saturated carbocycles. The van der Waals surface area contributed by atoms with Crippen molar-refractivity contribution < 1.29 is 9.53 Å². The molecule has 3 unspecified atom stereocenters. The van der Waals surface area contributed by atoms with Crippen molar-refractivity contribution in [3.05, 3.63) is 0 Å². The van der Waals surface area contributed by atoms with Crippen molar-refractivity contribution in [3.63, 3.8) is 0 Å². The summed E-state index contributed by atoms with van der Waals surface area (Å²) in [7, 11) is 0. The van der Waals surface area contributed by atoms with E-state index in [2.05, 4.69) is 24.1 Å². The quantitative estimate of drug-likeness (QED) is 0.748. The fourth-order valence-electron chi connectivity index (χ4n) is 3.86. The summed E-state index contributed by atoms with van der Waals surface area (Å²) in [4.78, 5) is 14.8. The molecule has 5 nitrogen and oxygen atoms in total. The monoisotopic (exact) mass is 283 g/mol. The number of ether oxygens (including phenoxy) is 1. The highest BCUT2D eigenvalue weighted by molar-refractivity contribution is 5.89. The largest absolute Gasteiger partial charge is 0.377 e. The van der Waals surface area contributed by atoms with E-state index in [0.29, 0.717) is 6.54 Å². The molecule has 0 bridgehead atoms. The molecular weight excluding hydrogens is 254 g/mol. The first-order valence-electron chi connectivity index (χ1n) is 7.80. The van der Waals surface area contributed by atoms with Gasteiger partial charge in [0.1, 0.15) is 5.54 Å². The van der Waals surface area contributed by atoms with Crippen molar-refractivity contribution in [2.45, 2.75) is 45.8 Å². The number of fused-ring (bicyclic) bond motifs is 1. The van der Waals surface area contributed by atoms with Crippen LogP contribution in [0.4, 0.5) is 0 Å². The average Bonchev–Trinajstić information content (AvgIpc) is 2.90. The average molecular weight is 283 g/mol. The molecule has 1 aliphatic heterocycles. The molecule has 3 atom stereocenters. The van der Waals surface area contributed by atoms with Crippen LogP contribution in [0, 0.1) is 11.3 Å². The molecule has 1 amide bonds. The third-order valence-corrected chi connectivity index (χ3v) is 5.44. The van der Waals surface area contributed by atoms with Crippen LogP contribution in [-0.2, 0) is 9.53 Å². The first-order valence-corrected chi connectivity index (χ1v) is 7.80. The number of hydrogen-bond donors (Lipinski definition) is 2. The van der Waals surface area contributed by atoms with Crippen LogP contribution >= 0.6 is 0 Å². The van der Waals surface area contributed by atoms with Crippen LogP contribution in [0.2, 0.25) is 0 Å². The molecule has 3 N–H and O–H groups in total. The second-order valence-electron chi connectivity index (χ2n) is 6.56. The van der Waals surface area contributed by atoms with Crippen LogP contribution in [-0.4, -0.2) is 55.2 Å². The summed E-state index contributed by atoms with van der Waals surface area (Å²) in [6, 6.07) is 0. The summed E-state index contributed by atoms with van der Waals surface area (Å²) in [6.07, 6.45) is 1.04. The van der Waals surface area contributed by atoms with E-state index in [0.717, 1.165) is 32.7 Å². The Labute approximate surface area is 122 Å². The maximum absolute atomic E-state index is 12.6. The van der Waals surface area contributed by atoms with Crippen LogP contribution in [0.15, 0.2) is 0 Å². The molecule has 5 heteroatoms. The first-order chi connectivity index (χ1) is 9.39. The number of rotatable bonds is 6. The number of nitrogens with zero attached hydrogens (tertiary/aromatic N) is 1. The zero-order valence-electron chi connectivity index (χ0n) is 13.2. The van der Waals surface area contributed by atoms with E-state index in [-0.39, 0.29) is 23.3 Å². The third-order valence-electron chi connectivity index (χ3n) is 5.44. The molecule has 0 aromatic heterocycles. The van der Waals surface area contributed by atoms with E-state index in [1.54, 1.807) is 0 Å². The predicted molar refractivity (Wildman–Crippen MR) is 79.3 cm³/mol. The van der Waals surface area contributed by atoms with E-state index >= 15 is 0 Å². The lowest BCUT2D eigenvalue weighted by Crippen LogP contribution is -2.80. The van der Waals surface area contributed by atoms with Gasteiger partial charge in [-0.15, -0.1) is 0 Å². The Morgan fingerprint density at radius 3 is 2.65 bits per heavy atom. The van der Waals surface area contributed by atoms with E-state index in [1.165, 1.54) is 0 Å². The lowest BCUT2D eigenvalue weighted by atomic mass is 9.48. The van der Waals surface area contributed by atoms with Gasteiger partial charge >= 0.3 is 0 Å². The van der Waals surface area contributed by atoms with Crippen molar-refractivity contribution in [1.29, 1.82) is 0 Å². The molecule has 1 heterocycles. The summed E-state index contributed by atoms with van der Waals surface area (Å²) in [6.45, 7) is 12.6. The zero-order valence-corrected chi connectivity index (χ0v) is 13.2. The van der Waals surface area contributed by atoms with Gasteiger partial charge in [0.2, 0.25) is 5.91 Å². The molecule has 20 heavy (non-hydrogen) atoms. The number of nitrogens with one attached hydrogen (secondary N) is 1. The first kappa shape index (κ1) is 15.7. The van der Waals surface area contributed by atoms with E-state index < -0.39 is 5.54 Å². The lowest BCUT2D eigenvalue weighted by molar-refractivity contribution is -0.175. The second-order valence-corrected chi connectivity index (χ2v) is 6.56. The van der Waals surface area contributed by atoms with Crippen LogP contribution in [0.1, 0.15) is 34.1 Å². The fourth-order valence-corrected chi connectivity index (χ4v) is 3.86. The van der Waals surface area contributed by atoms with Crippen LogP contribution in [0.25, 0.3) is 0 Å². The van der Waals surface area contributed by atoms with Gasteiger partial charge in [0, 0.05) is 31.0 Å². The van der Waals surface area contributed by atoms with Gasteiger partial charge < -0.3 is 20.7 Å². The Bertz CT molecular complexity index is 368. The van der Waals surface area contributed by atoms with Gasteiger partial charge in [-0.3, -0.25) is 4.79 Å². The zero-order chi connectivity index (χ0) is 15.0. The molecule has 0 radical (unpaired) electrons. The number of carbonyl (C=O) groups excluding carboxylic acids is 1. The number of amides is 1. The Balaban J connectivity index is 1.92. The number of hydrogen-bond acceptors (Lipinski definition) is 4. The van der Waals surface area contributed by atoms with Gasteiger partial charge in [-0.1, -0.05) is 27.7 Å². The van der Waals surface area contributed by atoms with Crippen molar-refractivity contribution in [3.8, 4) is 0 Å². The topological polar surface area (TPSA) is 67.6 Å². The highest BCUT2D eigenvalue weighted by Gasteiger charge is 2.71. The van der Waals surface area contributed by atoms with Gasteiger partial charge in [-0.25, -0.2) is 0 Å². The summed E-state index contributed by atoms with van der Waals surface area (Å²) < 4.78 is 5.72. The van der Waals surface area contributed by atoms with Crippen LogP contribution in [0.3, 0.4) is 0 Å². The number of likely N-dealkylation sites (N-methyl/N-ethyl adjacent to an activating group) is 1. The second kappa shape index (κ2) is 5.62. The van der Waals surface area contributed by atoms with Crippen molar-refractivity contribution in [2.75, 3.05) is 32.8 Å². The maximum Gasteiger partial charge on any atom is 0.241 e. The van der Waals surface area contributed by atoms with Crippen molar-refractivity contribution in [1.82, 2.24) is 10.2 Å². The molecule has 2 fully saturated rings. The summed E-state index contributed by atoms with van der Waals surface area (Å²) in [5.74, 6) is 0.160. The Morgan fingerprint density at radius 2 is 2.05 bits per heavy atom. The van der Waals surface area contributed by atoms with Gasteiger partial charge in [-0.2, -0.15) is 0 Å². The summed E-state index contributed by atoms with van der Waals surface area (Å²) in [5, 5.41) is 3.03. The minimum Gasteiger partial charge on any atom is -0.377 e. The summed E-state index contributed by atoms with van der Waals surface area (Å²) in [5.41, 5.74) is 5.42. The predicted octanol–water partition coefficient (Wildman–Crippen LogP) is 0.587. The number of carbonyl (C=O) groups is 1. The molecule has 2 aliphatic rings. The normalized spacial score (nSPS) is 34.7. The highest BCUT2D eigenvalue weighted by Crippen LogP contribution is 2.58. The summed E-state index contributed by atoms with van der Waals surface area (Å²) >= 11 is 0. The molecule has 2 rings (SSSR count). The molecule has 0 spiro atoms. The highest BCUT2D eigenvalue weighted by atomic mass is 16.5. The van der Waals surface area contributed by atoms with Crippen LogP contribution in [0.5, 0.6) is 0 Å². The van der Waals surface area contributed by atoms with Gasteiger partial charge in [-0.05, 0) is 19.5 Å². The minimum absolute atomic E-state index is 0.0126. The van der Waals surface area contributed by atoms with Gasteiger partial charge in [0.15, 0.2) is 0 Å². The lowest BCUT2D eigenvalue weighted by Gasteiger charge is -2.60. The molecule has 0 aromatic rings. The molecule has 116 valence electrons. The van der Waals surface area contributed by atoms with Crippen molar-refractivity contribution >= 4 is 5.91 Å². The third kappa shape index (κ3) is 2.16. The number of nitrogens with two attached hydrogens (primary N) is 1. The SMILES string of the molecule is CCN(CC)CCNC(=O)C1(N)C2CCOC2C1(C)C. The molecular formula is C15H29N3O2. The van der Waals surface area contributed by atoms with Crippen LogP contribution < -0.4 is 11.1 Å². The van der Waals surface area contributed by atoms with E-state index in [9.17, 15) is 4.79 Å².